The highest BCUT2D eigenvalue weighted by atomic mass is 32.2. The molecule has 0 aromatic heterocycles. The van der Waals surface area contributed by atoms with Crippen molar-refractivity contribution >= 4 is 15.8 Å². The van der Waals surface area contributed by atoms with Crippen molar-refractivity contribution < 1.29 is 36.1 Å². The molecule has 0 atom stereocenters. The van der Waals surface area contributed by atoms with Gasteiger partial charge in [0.05, 0.1) is 91.0 Å². The van der Waals surface area contributed by atoms with Crippen molar-refractivity contribution in [3.05, 3.63) is 29.3 Å². The van der Waals surface area contributed by atoms with E-state index in [4.69, 9.17) is 14.2 Å². The third kappa shape index (κ3) is 17.9. The van der Waals surface area contributed by atoms with Gasteiger partial charge in [0.25, 0.3) is 0 Å². The van der Waals surface area contributed by atoms with Crippen LogP contribution in [0.2, 0.25) is 0 Å². The van der Waals surface area contributed by atoms with Gasteiger partial charge >= 0.3 is 0 Å². The first-order valence-corrected chi connectivity index (χ1v) is 16.0. The van der Waals surface area contributed by atoms with E-state index in [2.05, 4.69) is 58.0 Å². The molecule has 228 valence electrons. The van der Waals surface area contributed by atoms with Gasteiger partial charge in [0.15, 0.2) is 0 Å². The highest BCUT2D eigenvalue weighted by molar-refractivity contribution is 7.85. The van der Waals surface area contributed by atoms with Crippen molar-refractivity contribution in [3.8, 4) is 0 Å². The maximum Gasteiger partial charge on any atom is 0.102 e. The number of quaternary nitrogens is 2. The number of hydrogen-bond acceptors (Lipinski definition) is 7. The Bertz CT molecular complexity index is 908. The van der Waals surface area contributed by atoms with Crippen LogP contribution < -0.4 is 4.90 Å². The second-order valence-electron chi connectivity index (χ2n) is 11.8. The second kappa shape index (κ2) is 18.2. The van der Waals surface area contributed by atoms with Gasteiger partial charge in [-0.15, -0.1) is 0 Å². The summed E-state index contributed by atoms with van der Waals surface area (Å²) < 4.78 is 51.6. The van der Waals surface area contributed by atoms with Gasteiger partial charge in [0, 0.05) is 31.0 Å². The molecule has 0 amide bonds. The highest BCUT2D eigenvalue weighted by Crippen LogP contribution is 2.21. The van der Waals surface area contributed by atoms with Gasteiger partial charge in [-0.2, -0.15) is 0 Å². The molecule has 0 spiro atoms. The Hall–Kier alpha value is -1.27. The van der Waals surface area contributed by atoms with E-state index in [9.17, 15) is 13.0 Å². The average Bonchev–Trinajstić information content (AvgIpc) is 2.83. The number of ether oxygens (including phenoxy) is 3. The smallest absolute Gasteiger partial charge is 0.102 e. The van der Waals surface area contributed by atoms with Crippen LogP contribution >= 0.6 is 0 Å². The lowest BCUT2D eigenvalue weighted by atomic mass is 10.1. The maximum atomic E-state index is 10.8. The minimum Gasteiger partial charge on any atom is -0.748 e. The Morgan fingerprint density at radius 2 is 1.28 bits per heavy atom. The van der Waals surface area contributed by atoms with Crippen LogP contribution in [0.5, 0.6) is 0 Å². The predicted octanol–water partition coefficient (Wildman–Crippen LogP) is 3.05. The lowest BCUT2D eigenvalue weighted by Crippen LogP contribution is -2.43. The number of anilines is 1. The fraction of sp³-hybridized carbons (Fsp3) is 0.793. The first kappa shape index (κ1) is 35.8. The largest absolute Gasteiger partial charge is 0.748 e. The molecule has 0 aliphatic rings. The third-order valence-electron chi connectivity index (χ3n) is 7.05. The number of benzene rings is 1. The van der Waals surface area contributed by atoms with Crippen LogP contribution in [-0.4, -0.2) is 135 Å². The van der Waals surface area contributed by atoms with Crippen molar-refractivity contribution in [3.63, 3.8) is 0 Å². The molecule has 0 unspecified atom stereocenters. The first-order chi connectivity index (χ1) is 18.2. The summed E-state index contributed by atoms with van der Waals surface area (Å²) in [4.78, 5) is 2.35. The molecule has 1 aromatic rings. The van der Waals surface area contributed by atoms with Gasteiger partial charge < -0.3 is 32.6 Å². The Kier molecular flexibility index (Phi) is 16.7. The molecule has 0 fully saturated rings. The van der Waals surface area contributed by atoms with Gasteiger partial charge in [0.1, 0.15) is 13.1 Å². The summed E-state index contributed by atoms with van der Waals surface area (Å²) in [5, 5.41) is 0. The Morgan fingerprint density at radius 3 is 1.82 bits per heavy atom. The highest BCUT2D eigenvalue weighted by Gasteiger charge is 2.16. The summed E-state index contributed by atoms with van der Waals surface area (Å²) in [6, 6.07) is 6.54. The molecule has 0 aliphatic heterocycles. The number of likely N-dealkylation sites (N-methyl/N-ethyl adjacent to an activating group) is 2. The molecule has 9 nitrogen and oxygen atoms in total. The minimum absolute atomic E-state index is 0.314. The number of unbranched alkanes of at least 4 members (excludes halogenated alkanes) is 1. The number of aryl methyl sites for hydroxylation is 2. The quantitative estimate of drug-likeness (QED) is 0.113. The zero-order valence-electron chi connectivity index (χ0n) is 25.7. The lowest BCUT2D eigenvalue weighted by Gasteiger charge is -2.30. The van der Waals surface area contributed by atoms with Crippen molar-refractivity contribution in [2.45, 2.75) is 40.0 Å². The summed E-state index contributed by atoms with van der Waals surface area (Å²) in [5.41, 5.74) is 3.71. The molecule has 10 heteroatoms. The summed E-state index contributed by atoms with van der Waals surface area (Å²) >= 11 is 0. The molecule has 0 aliphatic carbocycles. The molecular weight excluding hydrogens is 518 g/mol. The van der Waals surface area contributed by atoms with Gasteiger partial charge in [0.2, 0.25) is 0 Å². The topological polar surface area (TPSA) is 88.1 Å². The van der Waals surface area contributed by atoms with Crippen molar-refractivity contribution in [1.82, 2.24) is 0 Å². The Balaban J connectivity index is 2.38. The lowest BCUT2D eigenvalue weighted by molar-refractivity contribution is -0.890. The monoisotopic (exact) mass is 574 g/mol. The fourth-order valence-electron chi connectivity index (χ4n) is 4.29. The van der Waals surface area contributed by atoms with Crippen LogP contribution in [0.15, 0.2) is 18.2 Å². The molecule has 0 heterocycles. The van der Waals surface area contributed by atoms with Crippen LogP contribution in [0.25, 0.3) is 0 Å². The van der Waals surface area contributed by atoms with Crippen LogP contribution in [-0.2, 0) is 24.3 Å². The van der Waals surface area contributed by atoms with E-state index >= 15 is 0 Å². The molecule has 1 rings (SSSR count). The summed E-state index contributed by atoms with van der Waals surface area (Å²) in [5.74, 6) is -0.314. The van der Waals surface area contributed by atoms with Gasteiger partial charge in [-0.25, -0.2) is 8.42 Å². The van der Waals surface area contributed by atoms with E-state index in [1.165, 1.54) is 36.2 Å². The van der Waals surface area contributed by atoms with Crippen LogP contribution in [0, 0.1) is 13.8 Å². The Labute approximate surface area is 238 Å². The molecule has 0 N–H and O–H groups in total. The molecular formula is C29H56N3O6S+. The van der Waals surface area contributed by atoms with E-state index in [-0.39, 0.29) is 5.75 Å². The van der Waals surface area contributed by atoms with E-state index in [1.54, 1.807) is 0 Å². The summed E-state index contributed by atoms with van der Waals surface area (Å²) in [6.45, 7) is 15.3. The zero-order chi connectivity index (χ0) is 29.4. The van der Waals surface area contributed by atoms with Gasteiger partial charge in [-0.05, 0) is 37.5 Å². The van der Waals surface area contributed by atoms with E-state index < -0.39 is 10.1 Å². The summed E-state index contributed by atoms with van der Waals surface area (Å²) in [6.07, 6.45) is 2.83. The fourth-order valence-corrected chi connectivity index (χ4v) is 4.77. The van der Waals surface area contributed by atoms with Crippen LogP contribution in [0.1, 0.15) is 37.3 Å². The van der Waals surface area contributed by atoms with Crippen LogP contribution in [0.4, 0.5) is 5.69 Å². The number of rotatable bonds is 23. The van der Waals surface area contributed by atoms with Gasteiger partial charge in [-0.1, -0.05) is 25.5 Å². The number of hydrogen-bond donors (Lipinski definition) is 0. The minimum atomic E-state index is -4.15. The van der Waals surface area contributed by atoms with E-state index in [1.807, 2.05) is 14.1 Å². The van der Waals surface area contributed by atoms with E-state index in [0.29, 0.717) is 50.5 Å². The third-order valence-corrected chi connectivity index (χ3v) is 7.83. The predicted molar refractivity (Wildman–Crippen MR) is 158 cm³/mol. The zero-order valence-corrected chi connectivity index (χ0v) is 26.6. The van der Waals surface area contributed by atoms with Crippen molar-refractivity contribution in [2.75, 3.05) is 118 Å². The van der Waals surface area contributed by atoms with E-state index in [0.717, 1.165) is 37.3 Å². The molecule has 1 aromatic carbocycles. The van der Waals surface area contributed by atoms with Gasteiger partial charge in [-0.3, -0.25) is 0 Å². The standard InChI is InChI=1S/C29H56N3O6S/c1-8-9-15-31(4,5)17-21-36-19-13-30(29-26-27(2)11-12-28(29)3)14-20-37-23-24-38-22-18-32(6,7)16-10-25-39(33,34)35/h11-12,26H,8-10,13-25H2,1-7H3/q+1. The molecule has 0 saturated heterocycles. The van der Waals surface area contributed by atoms with Crippen molar-refractivity contribution in [2.24, 2.45) is 0 Å². The molecule has 0 bridgehead atoms. The molecule has 0 radical (unpaired) electrons. The average molecular weight is 575 g/mol. The summed E-state index contributed by atoms with van der Waals surface area (Å²) in [7, 11) is 4.41. The SMILES string of the molecule is CCCC[N+](C)(C)CCOCCN(CCOCCOCC[N+](C)(C)CCCS(=O)(=O)[O-])c1cc(C)ccc1C. The van der Waals surface area contributed by atoms with Crippen molar-refractivity contribution in [1.29, 1.82) is 0 Å². The van der Waals surface area contributed by atoms with Crippen LogP contribution in [0.3, 0.4) is 0 Å². The number of nitrogens with zero attached hydrogens (tertiary/aromatic N) is 3. The Morgan fingerprint density at radius 1 is 0.769 bits per heavy atom. The molecule has 39 heavy (non-hydrogen) atoms. The first-order valence-electron chi connectivity index (χ1n) is 14.4. The normalized spacial score (nSPS) is 12.7. The maximum absolute atomic E-state index is 10.8. The molecule has 0 saturated carbocycles. The second-order valence-corrected chi connectivity index (χ2v) is 13.4.